The molecule has 2 aliphatic rings. The zero-order valence-electron chi connectivity index (χ0n) is 18.0. The van der Waals surface area contributed by atoms with Crippen molar-refractivity contribution in [1.82, 2.24) is 20.4 Å². The van der Waals surface area contributed by atoms with Crippen LogP contribution in [-0.2, 0) is 11.3 Å². The second-order valence-corrected chi connectivity index (χ2v) is 7.85. The third kappa shape index (κ3) is 9.01. The minimum atomic E-state index is -4.72. The molecule has 1 aromatic carbocycles. The Kier molecular flexibility index (Phi) is 10.8. The highest BCUT2D eigenvalue weighted by Crippen LogP contribution is 2.22. The van der Waals surface area contributed by atoms with Gasteiger partial charge in [-0.25, -0.2) is 4.79 Å². The lowest BCUT2D eigenvalue weighted by Gasteiger charge is -2.35. The molecule has 2 fully saturated rings. The highest BCUT2D eigenvalue weighted by Gasteiger charge is 2.31. The van der Waals surface area contributed by atoms with Crippen molar-refractivity contribution in [3.63, 3.8) is 0 Å². The summed E-state index contributed by atoms with van der Waals surface area (Å²) >= 11 is 0. The van der Waals surface area contributed by atoms with Gasteiger partial charge in [0.05, 0.1) is 13.2 Å². The van der Waals surface area contributed by atoms with Crippen molar-refractivity contribution in [2.45, 2.75) is 38.2 Å². The highest BCUT2D eigenvalue weighted by molar-refractivity contribution is 5.85. The Bertz CT molecular complexity index is 682. The molecule has 3 rings (SSSR count). The number of piperidine rings is 1. The second kappa shape index (κ2) is 13.1. The van der Waals surface area contributed by atoms with Gasteiger partial charge in [0, 0.05) is 45.3 Å². The Morgan fingerprint density at radius 1 is 1.25 bits per heavy atom. The Labute approximate surface area is 193 Å². The van der Waals surface area contributed by atoms with Gasteiger partial charge in [-0.05, 0) is 43.5 Å². The fourth-order valence-electron chi connectivity index (χ4n) is 3.93. The number of ether oxygens (including phenoxy) is 2. The van der Waals surface area contributed by atoms with Crippen LogP contribution in [0.2, 0.25) is 0 Å². The van der Waals surface area contributed by atoms with E-state index in [1.807, 2.05) is 4.90 Å². The summed E-state index contributed by atoms with van der Waals surface area (Å²) in [7, 11) is 0. The molecule has 2 saturated heterocycles. The van der Waals surface area contributed by atoms with E-state index in [9.17, 15) is 18.0 Å². The first-order valence-electron chi connectivity index (χ1n) is 10.8. The third-order valence-electron chi connectivity index (χ3n) is 5.55. The number of urea groups is 1. The van der Waals surface area contributed by atoms with Crippen LogP contribution in [0.15, 0.2) is 24.3 Å². The minimum Gasteiger partial charge on any atom is -0.406 e. The fourth-order valence-corrected chi connectivity index (χ4v) is 3.93. The summed E-state index contributed by atoms with van der Waals surface area (Å²) in [5.41, 5.74) is 0.706. The molecule has 1 atom stereocenters. The number of hydrogen-bond donors (Lipinski definition) is 2. The number of nitrogens with zero attached hydrogens (tertiary/aromatic N) is 2. The summed E-state index contributed by atoms with van der Waals surface area (Å²) in [5, 5.41) is 6.27. The van der Waals surface area contributed by atoms with Crippen molar-refractivity contribution in [2.24, 2.45) is 0 Å². The van der Waals surface area contributed by atoms with Gasteiger partial charge < -0.3 is 25.0 Å². The molecular formula is C21H32ClF3N4O3. The third-order valence-corrected chi connectivity index (χ3v) is 5.55. The minimum absolute atomic E-state index is 0. The molecule has 0 bridgehead atoms. The van der Waals surface area contributed by atoms with E-state index in [-0.39, 0.29) is 36.8 Å². The summed E-state index contributed by atoms with van der Waals surface area (Å²) < 4.78 is 46.1. The lowest BCUT2D eigenvalue weighted by atomic mass is 10.1. The van der Waals surface area contributed by atoms with Crippen LogP contribution in [0.3, 0.4) is 0 Å². The van der Waals surface area contributed by atoms with Crippen LogP contribution < -0.4 is 15.4 Å². The van der Waals surface area contributed by atoms with Crippen molar-refractivity contribution >= 4 is 18.4 Å². The normalized spacial score (nSPS) is 19.7. The molecule has 2 heterocycles. The molecular weight excluding hydrogens is 449 g/mol. The van der Waals surface area contributed by atoms with Gasteiger partial charge in [-0.3, -0.25) is 4.90 Å². The van der Waals surface area contributed by atoms with E-state index in [1.165, 1.54) is 24.3 Å². The van der Waals surface area contributed by atoms with Crippen LogP contribution in [0.25, 0.3) is 0 Å². The largest absolute Gasteiger partial charge is 0.573 e. The van der Waals surface area contributed by atoms with Gasteiger partial charge in [0.25, 0.3) is 0 Å². The van der Waals surface area contributed by atoms with Crippen LogP contribution >= 0.6 is 12.4 Å². The van der Waals surface area contributed by atoms with Gasteiger partial charge in [0.2, 0.25) is 0 Å². The van der Waals surface area contributed by atoms with Crippen LogP contribution in [0.1, 0.15) is 24.8 Å². The average molecular weight is 481 g/mol. The topological polar surface area (TPSA) is 66.1 Å². The van der Waals surface area contributed by atoms with E-state index in [4.69, 9.17) is 4.74 Å². The van der Waals surface area contributed by atoms with Crippen molar-refractivity contribution in [1.29, 1.82) is 0 Å². The number of morpholine rings is 1. The molecule has 182 valence electrons. The second-order valence-electron chi connectivity index (χ2n) is 7.85. The zero-order valence-corrected chi connectivity index (χ0v) is 18.8. The lowest BCUT2D eigenvalue weighted by Crippen LogP contribution is -2.52. The van der Waals surface area contributed by atoms with E-state index < -0.39 is 6.36 Å². The molecule has 0 spiro atoms. The molecule has 1 aromatic rings. The summed E-state index contributed by atoms with van der Waals surface area (Å²) in [6, 6.07) is 5.53. The first-order chi connectivity index (χ1) is 14.9. The summed E-state index contributed by atoms with van der Waals surface area (Å²) in [6.07, 6.45) is -1.85. The maximum atomic E-state index is 12.9. The van der Waals surface area contributed by atoms with Gasteiger partial charge in [-0.2, -0.15) is 0 Å². The first kappa shape index (κ1) is 26.5. The first-order valence-corrected chi connectivity index (χ1v) is 10.8. The van der Waals surface area contributed by atoms with Crippen LogP contribution in [0, 0.1) is 0 Å². The molecule has 2 N–H and O–H groups in total. The molecule has 11 heteroatoms. The SMILES string of the molecule is Cl.O=C(NCc1ccc(OC(F)(F)F)cc1)N(CCCN1CCOCC1)C1CCCNC1. The van der Waals surface area contributed by atoms with E-state index in [0.717, 1.165) is 65.2 Å². The average Bonchev–Trinajstić information content (AvgIpc) is 2.76. The van der Waals surface area contributed by atoms with Crippen molar-refractivity contribution in [3.05, 3.63) is 29.8 Å². The van der Waals surface area contributed by atoms with E-state index in [0.29, 0.717) is 12.1 Å². The molecule has 0 aliphatic carbocycles. The monoisotopic (exact) mass is 480 g/mol. The van der Waals surface area contributed by atoms with Crippen LogP contribution in [-0.4, -0.2) is 80.7 Å². The summed E-state index contributed by atoms with van der Waals surface area (Å²) in [6.45, 7) is 6.91. The van der Waals surface area contributed by atoms with Crippen LogP contribution in [0.5, 0.6) is 5.75 Å². The molecule has 1 unspecified atom stereocenters. The van der Waals surface area contributed by atoms with Gasteiger partial charge in [-0.15, -0.1) is 25.6 Å². The quantitative estimate of drug-likeness (QED) is 0.599. The molecule has 32 heavy (non-hydrogen) atoms. The number of amides is 2. The van der Waals surface area contributed by atoms with E-state index in [1.54, 1.807) is 0 Å². The van der Waals surface area contributed by atoms with Gasteiger partial charge >= 0.3 is 12.4 Å². The zero-order chi connectivity index (χ0) is 22.1. The molecule has 7 nitrogen and oxygen atoms in total. The van der Waals surface area contributed by atoms with Crippen LogP contribution in [0.4, 0.5) is 18.0 Å². The van der Waals surface area contributed by atoms with Crippen molar-refractivity contribution in [2.75, 3.05) is 52.5 Å². The fraction of sp³-hybridized carbons (Fsp3) is 0.667. The number of carbonyl (C=O) groups is 1. The maximum Gasteiger partial charge on any atom is 0.573 e. The molecule has 0 aromatic heterocycles. The number of benzene rings is 1. The highest BCUT2D eigenvalue weighted by atomic mass is 35.5. The molecule has 0 radical (unpaired) electrons. The smallest absolute Gasteiger partial charge is 0.406 e. The van der Waals surface area contributed by atoms with E-state index in [2.05, 4.69) is 20.3 Å². The number of alkyl halides is 3. The number of hydrogen-bond acceptors (Lipinski definition) is 5. The molecule has 0 saturated carbocycles. The van der Waals surface area contributed by atoms with Gasteiger partial charge in [0.15, 0.2) is 0 Å². The molecule has 2 aliphatic heterocycles. The van der Waals surface area contributed by atoms with Crippen molar-refractivity contribution < 1.29 is 27.4 Å². The maximum absolute atomic E-state index is 12.9. The molecule has 2 amide bonds. The summed E-state index contributed by atoms with van der Waals surface area (Å²) in [4.78, 5) is 17.2. The number of halogens is 4. The Morgan fingerprint density at radius 3 is 2.59 bits per heavy atom. The number of nitrogens with one attached hydrogen (secondary N) is 2. The predicted molar refractivity (Wildman–Crippen MR) is 117 cm³/mol. The standard InChI is InChI=1S/C21H31F3N4O3.ClH/c22-21(23,24)31-19-6-4-17(5-7-19)15-26-20(29)28(18-3-1-8-25-16-18)10-2-9-27-11-13-30-14-12-27;/h4-7,18,25H,1-3,8-16H2,(H,26,29);1H. The Morgan fingerprint density at radius 2 is 1.97 bits per heavy atom. The van der Waals surface area contributed by atoms with E-state index >= 15 is 0 Å². The van der Waals surface area contributed by atoms with Gasteiger partial charge in [-0.1, -0.05) is 12.1 Å². The van der Waals surface area contributed by atoms with Gasteiger partial charge in [0.1, 0.15) is 5.75 Å². The lowest BCUT2D eigenvalue weighted by molar-refractivity contribution is -0.274. The Balaban J connectivity index is 0.00000363. The summed E-state index contributed by atoms with van der Waals surface area (Å²) in [5.74, 6) is -0.277. The number of rotatable bonds is 8. The Hall–Kier alpha value is -1.75. The number of carbonyl (C=O) groups excluding carboxylic acids is 1. The predicted octanol–water partition coefficient (Wildman–Crippen LogP) is 2.99. The van der Waals surface area contributed by atoms with Crippen molar-refractivity contribution in [3.8, 4) is 5.75 Å².